The molecule has 0 bridgehead atoms. The van der Waals surface area contributed by atoms with Gasteiger partial charge in [0.05, 0.1) is 4.92 Å². The number of hydrogen-bond acceptors (Lipinski definition) is 5. The summed E-state index contributed by atoms with van der Waals surface area (Å²) in [5, 5.41) is 20.1. The molecule has 0 aliphatic rings. The molecule has 7 heteroatoms. The van der Waals surface area contributed by atoms with Crippen LogP contribution >= 0.6 is 11.8 Å². The average Bonchev–Trinajstić information content (AvgIpc) is 2.43. The molecule has 1 aromatic heterocycles. The Kier molecular flexibility index (Phi) is 4.19. The molecule has 2 aromatic rings. The first-order chi connectivity index (χ1) is 9.54. The number of carboxylic acids is 1. The first kappa shape index (κ1) is 14.3. The van der Waals surface area contributed by atoms with E-state index >= 15 is 0 Å². The highest BCUT2D eigenvalue weighted by Crippen LogP contribution is 2.34. The Hall–Kier alpha value is -2.15. The van der Waals surface area contributed by atoms with Crippen LogP contribution in [0.3, 0.4) is 0 Å². The fourth-order valence-electron chi connectivity index (χ4n) is 1.85. The summed E-state index contributed by atoms with van der Waals surface area (Å²) in [6.45, 7) is 1.79. The Morgan fingerprint density at radius 3 is 2.85 bits per heavy atom. The molecule has 1 heterocycles. The zero-order valence-corrected chi connectivity index (χ0v) is 11.5. The number of aromatic nitrogens is 1. The number of carbonyl (C=O) groups is 1. The molecule has 0 radical (unpaired) electrons. The van der Waals surface area contributed by atoms with Crippen molar-refractivity contribution in [1.29, 1.82) is 0 Å². The van der Waals surface area contributed by atoms with Crippen molar-refractivity contribution in [3.05, 3.63) is 40.6 Å². The fraction of sp³-hybridized carbons (Fsp3) is 0.231. The van der Waals surface area contributed by atoms with E-state index in [1.54, 1.807) is 25.1 Å². The third-order valence-electron chi connectivity index (χ3n) is 2.82. The number of non-ortho nitro benzene ring substituents is 1. The molecule has 0 saturated heterocycles. The van der Waals surface area contributed by atoms with Crippen molar-refractivity contribution in [3.63, 3.8) is 0 Å². The molecular formula is C13H12N2O4S. The number of aliphatic carboxylic acids is 1. The Morgan fingerprint density at radius 2 is 2.25 bits per heavy atom. The number of nitro groups is 1. The minimum absolute atomic E-state index is 0.0756. The standard InChI is InChI=1S/C13H12N2O4S/c1-2-10(13(16)17)20-11-6-7-14-12-8(11)4-3-5-9(12)15(18)19/h3-7,10H,2H2,1H3,(H,16,17). The molecule has 0 saturated carbocycles. The van der Waals surface area contributed by atoms with Crippen molar-refractivity contribution in [2.24, 2.45) is 0 Å². The summed E-state index contributed by atoms with van der Waals surface area (Å²) in [5.74, 6) is -0.895. The Labute approximate surface area is 119 Å². The van der Waals surface area contributed by atoms with E-state index in [0.29, 0.717) is 16.7 Å². The van der Waals surface area contributed by atoms with Gasteiger partial charge in [-0.05, 0) is 12.5 Å². The van der Waals surface area contributed by atoms with Crippen LogP contribution in [-0.2, 0) is 4.79 Å². The molecule has 6 nitrogen and oxygen atoms in total. The molecule has 1 atom stereocenters. The number of hydrogen-bond donors (Lipinski definition) is 1. The van der Waals surface area contributed by atoms with Gasteiger partial charge >= 0.3 is 5.97 Å². The van der Waals surface area contributed by atoms with Crippen LogP contribution in [0.5, 0.6) is 0 Å². The van der Waals surface area contributed by atoms with Gasteiger partial charge in [0, 0.05) is 22.5 Å². The van der Waals surface area contributed by atoms with E-state index in [4.69, 9.17) is 5.11 Å². The number of fused-ring (bicyclic) bond motifs is 1. The van der Waals surface area contributed by atoms with E-state index in [9.17, 15) is 14.9 Å². The molecular weight excluding hydrogens is 280 g/mol. The largest absolute Gasteiger partial charge is 0.480 e. The zero-order valence-electron chi connectivity index (χ0n) is 10.6. The van der Waals surface area contributed by atoms with Crippen molar-refractivity contribution in [2.75, 3.05) is 0 Å². The van der Waals surface area contributed by atoms with E-state index in [2.05, 4.69) is 4.98 Å². The number of para-hydroxylation sites is 1. The topological polar surface area (TPSA) is 93.3 Å². The van der Waals surface area contributed by atoms with Gasteiger partial charge in [0.1, 0.15) is 10.8 Å². The Morgan fingerprint density at radius 1 is 1.50 bits per heavy atom. The SMILES string of the molecule is CCC(Sc1ccnc2c([N+](=O)[O-])cccc12)C(=O)O. The summed E-state index contributed by atoms with van der Waals surface area (Å²) < 4.78 is 0. The van der Waals surface area contributed by atoms with E-state index in [1.165, 1.54) is 24.0 Å². The van der Waals surface area contributed by atoms with E-state index in [1.807, 2.05) is 0 Å². The van der Waals surface area contributed by atoms with E-state index < -0.39 is 16.1 Å². The molecule has 20 heavy (non-hydrogen) atoms. The van der Waals surface area contributed by atoms with Gasteiger partial charge in [0.15, 0.2) is 0 Å². The van der Waals surface area contributed by atoms with Crippen molar-refractivity contribution < 1.29 is 14.8 Å². The molecule has 1 N–H and O–H groups in total. The summed E-state index contributed by atoms with van der Waals surface area (Å²) in [6.07, 6.45) is 1.94. The summed E-state index contributed by atoms with van der Waals surface area (Å²) in [6, 6.07) is 6.36. The van der Waals surface area contributed by atoms with Crippen molar-refractivity contribution >= 4 is 34.3 Å². The van der Waals surface area contributed by atoms with Gasteiger partial charge in [-0.25, -0.2) is 4.98 Å². The second kappa shape index (κ2) is 5.87. The number of nitro benzene ring substituents is 1. The Bertz CT molecular complexity index is 674. The highest BCUT2D eigenvalue weighted by atomic mass is 32.2. The van der Waals surface area contributed by atoms with E-state index in [-0.39, 0.29) is 11.2 Å². The summed E-state index contributed by atoms with van der Waals surface area (Å²) in [5.41, 5.74) is 0.205. The van der Waals surface area contributed by atoms with Crippen molar-refractivity contribution in [2.45, 2.75) is 23.5 Å². The van der Waals surface area contributed by atoms with Crippen LogP contribution in [0.15, 0.2) is 35.4 Å². The maximum atomic E-state index is 11.1. The third kappa shape index (κ3) is 2.72. The molecule has 0 spiro atoms. The highest BCUT2D eigenvalue weighted by molar-refractivity contribution is 8.00. The van der Waals surface area contributed by atoms with Gasteiger partial charge in [-0.15, -0.1) is 11.8 Å². The normalized spacial score (nSPS) is 12.2. The maximum Gasteiger partial charge on any atom is 0.316 e. The first-order valence-electron chi connectivity index (χ1n) is 5.96. The maximum absolute atomic E-state index is 11.1. The number of thioether (sulfide) groups is 1. The van der Waals surface area contributed by atoms with Crippen LogP contribution in [0.25, 0.3) is 10.9 Å². The van der Waals surface area contributed by atoms with Gasteiger partial charge in [-0.1, -0.05) is 19.1 Å². The van der Waals surface area contributed by atoms with Gasteiger partial charge in [-0.2, -0.15) is 0 Å². The molecule has 1 aromatic carbocycles. The zero-order chi connectivity index (χ0) is 14.7. The number of pyridine rings is 1. The quantitative estimate of drug-likeness (QED) is 0.517. The molecule has 0 fully saturated rings. The molecule has 1 unspecified atom stereocenters. The molecule has 0 aliphatic heterocycles. The predicted octanol–water partition coefficient (Wildman–Crippen LogP) is 3.10. The van der Waals surface area contributed by atoms with Crippen molar-refractivity contribution in [3.8, 4) is 0 Å². The van der Waals surface area contributed by atoms with Crippen LogP contribution in [0.2, 0.25) is 0 Å². The van der Waals surface area contributed by atoms with Crippen LogP contribution < -0.4 is 0 Å². The minimum atomic E-state index is -0.895. The smallest absolute Gasteiger partial charge is 0.316 e. The minimum Gasteiger partial charge on any atom is -0.480 e. The highest BCUT2D eigenvalue weighted by Gasteiger charge is 2.20. The van der Waals surface area contributed by atoms with Crippen LogP contribution in [0.4, 0.5) is 5.69 Å². The fourth-order valence-corrected chi connectivity index (χ4v) is 2.85. The van der Waals surface area contributed by atoms with E-state index in [0.717, 1.165) is 0 Å². The summed E-state index contributed by atoms with van der Waals surface area (Å²) in [4.78, 5) is 26.3. The van der Waals surface area contributed by atoms with Gasteiger partial charge in [0.25, 0.3) is 5.69 Å². The summed E-state index contributed by atoms with van der Waals surface area (Å²) >= 11 is 1.18. The molecule has 0 aliphatic carbocycles. The lowest BCUT2D eigenvalue weighted by atomic mass is 10.2. The van der Waals surface area contributed by atoms with Crippen molar-refractivity contribution in [1.82, 2.24) is 4.98 Å². The molecule has 2 rings (SSSR count). The van der Waals surface area contributed by atoms with Crippen LogP contribution in [-0.4, -0.2) is 26.2 Å². The predicted molar refractivity (Wildman–Crippen MR) is 76.0 cm³/mol. The second-order valence-electron chi connectivity index (χ2n) is 4.09. The summed E-state index contributed by atoms with van der Waals surface area (Å²) in [7, 11) is 0. The lowest BCUT2D eigenvalue weighted by Gasteiger charge is -2.11. The number of carboxylic acid groups (broad SMARTS) is 1. The molecule has 104 valence electrons. The first-order valence-corrected chi connectivity index (χ1v) is 6.84. The van der Waals surface area contributed by atoms with Crippen LogP contribution in [0.1, 0.15) is 13.3 Å². The average molecular weight is 292 g/mol. The van der Waals surface area contributed by atoms with Gasteiger partial charge in [0.2, 0.25) is 0 Å². The number of nitrogens with zero attached hydrogens (tertiary/aromatic N) is 2. The Balaban J connectivity index is 2.53. The number of benzene rings is 1. The number of rotatable bonds is 5. The lowest BCUT2D eigenvalue weighted by molar-refractivity contribution is -0.383. The van der Waals surface area contributed by atoms with Gasteiger partial charge in [-0.3, -0.25) is 14.9 Å². The third-order valence-corrected chi connectivity index (χ3v) is 4.25. The molecule has 0 amide bonds. The second-order valence-corrected chi connectivity index (χ2v) is 5.34. The lowest BCUT2D eigenvalue weighted by Crippen LogP contribution is -2.14. The van der Waals surface area contributed by atoms with Crippen LogP contribution in [0, 0.1) is 10.1 Å². The van der Waals surface area contributed by atoms with Gasteiger partial charge < -0.3 is 5.11 Å². The monoisotopic (exact) mass is 292 g/mol.